The van der Waals surface area contributed by atoms with E-state index in [1.165, 1.54) is 17.3 Å². The van der Waals surface area contributed by atoms with Gasteiger partial charge < -0.3 is 15.0 Å². The minimum atomic E-state index is -3.85. The lowest BCUT2D eigenvalue weighted by Crippen LogP contribution is -2.45. The molecule has 0 aromatic heterocycles. The van der Waals surface area contributed by atoms with E-state index in [-0.39, 0.29) is 29.3 Å². The average molecular weight is 472 g/mol. The highest BCUT2D eigenvalue weighted by Gasteiger charge is 2.40. The van der Waals surface area contributed by atoms with Crippen LogP contribution in [-0.4, -0.2) is 50.3 Å². The number of nitrogens with zero attached hydrogens (tertiary/aromatic N) is 2. The molecule has 2 heterocycles. The normalized spacial score (nSPS) is 20.5. The van der Waals surface area contributed by atoms with E-state index >= 15 is 0 Å². The van der Waals surface area contributed by atoms with E-state index in [0.717, 1.165) is 16.8 Å². The zero-order valence-electron chi connectivity index (χ0n) is 19.1. The van der Waals surface area contributed by atoms with Gasteiger partial charge in [-0.05, 0) is 67.6 Å². The quantitative estimate of drug-likeness (QED) is 0.698. The molecule has 1 saturated heterocycles. The van der Waals surface area contributed by atoms with Gasteiger partial charge >= 0.3 is 0 Å². The zero-order valence-corrected chi connectivity index (χ0v) is 19.9. The van der Waals surface area contributed by atoms with Gasteiger partial charge in [0.1, 0.15) is 11.8 Å². The molecular formula is C24H29N3O5S. The first-order valence-electron chi connectivity index (χ1n) is 11.1. The van der Waals surface area contributed by atoms with Gasteiger partial charge in [-0.15, -0.1) is 0 Å². The second kappa shape index (κ2) is 9.15. The van der Waals surface area contributed by atoms with Crippen molar-refractivity contribution in [2.75, 3.05) is 18.6 Å². The highest BCUT2D eigenvalue weighted by atomic mass is 32.2. The van der Waals surface area contributed by atoms with E-state index in [4.69, 9.17) is 4.74 Å². The van der Waals surface area contributed by atoms with Crippen molar-refractivity contribution < 1.29 is 22.7 Å². The molecule has 4 rings (SSSR count). The van der Waals surface area contributed by atoms with E-state index in [1.807, 2.05) is 31.2 Å². The lowest BCUT2D eigenvalue weighted by molar-refractivity contribution is -0.124. The van der Waals surface area contributed by atoms with E-state index in [0.29, 0.717) is 31.6 Å². The van der Waals surface area contributed by atoms with Crippen molar-refractivity contribution in [3.05, 3.63) is 53.6 Å². The molecular weight excluding hydrogens is 442 g/mol. The number of amides is 2. The molecule has 9 heteroatoms. The van der Waals surface area contributed by atoms with Gasteiger partial charge in [-0.25, -0.2) is 8.42 Å². The number of hydrogen-bond donors (Lipinski definition) is 1. The lowest BCUT2D eigenvalue weighted by atomic mass is 10.1. The Labute approximate surface area is 194 Å². The number of rotatable bonds is 6. The van der Waals surface area contributed by atoms with Gasteiger partial charge in [0.15, 0.2) is 0 Å². The van der Waals surface area contributed by atoms with Crippen LogP contribution in [0.2, 0.25) is 0 Å². The van der Waals surface area contributed by atoms with Gasteiger partial charge in [0.25, 0.3) is 0 Å². The van der Waals surface area contributed by atoms with Crippen LogP contribution in [0, 0.1) is 0 Å². The molecule has 2 aromatic carbocycles. The minimum Gasteiger partial charge on any atom is -0.497 e. The molecule has 0 saturated carbocycles. The molecule has 2 amide bonds. The summed E-state index contributed by atoms with van der Waals surface area (Å²) in [7, 11) is -2.27. The number of hydrogen-bond acceptors (Lipinski definition) is 5. The standard InChI is InChI=1S/C24H29N3O5S/c1-16-12-19-14-21(9-10-22(19)27(16)17(2)28)33(30,31)26-11-5-8-23(26)24(29)25-15-18-6-4-7-20(13-18)32-3/h4,6-7,9-10,13-14,16,23H,5,8,11-12,15H2,1-3H3,(H,25,29)/t16-,23-/m1/s1. The first kappa shape index (κ1) is 23.3. The van der Waals surface area contributed by atoms with Crippen molar-refractivity contribution >= 4 is 27.5 Å². The van der Waals surface area contributed by atoms with Crippen LogP contribution in [0.3, 0.4) is 0 Å². The zero-order chi connectivity index (χ0) is 23.8. The molecule has 0 radical (unpaired) electrons. The summed E-state index contributed by atoms with van der Waals surface area (Å²) in [4.78, 5) is 26.7. The van der Waals surface area contributed by atoms with Crippen LogP contribution < -0.4 is 15.0 Å². The molecule has 2 atom stereocenters. The van der Waals surface area contributed by atoms with Crippen LogP contribution in [0.4, 0.5) is 5.69 Å². The molecule has 2 aromatic rings. The monoisotopic (exact) mass is 471 g/mol. The third-order valence-electron chi connectivity index (χ3n) is 6.32. The summed E-state index contributed by atoms with van der Waals surface area (Å²) in [6, 6.07) is 11.5. The third kappa shape index (κ3) is 4.47. The molecule has 0 aliphatic carbocycles. The summed E-state index contributed by atoms with van der Waals surface area (Å²) >= 11 is 0. The van der Waals surface area contributed by atoms with Gasteiger partial charge in [0.05, 0.1) is 12.0 Å². The van der Waals surface area contributed by atoms with Crippen molar-refractivity contribution in [3.8, 4) is 5.75 Å². The molecule has 8 nitrogen and oxygen atoms in total. The maximum Gasteiger partial charge on any atom is 0.243 e. The molecule has 176 valence electrons. The van der Waals surface area contributed by atoms with Crippen molar-refractivity contribution in [3.63, 3.8) is 0 Å². The van der Waals surface area contributed by atoms with Gasteiger partial charge in [0, 0.05) is 31.7 Å². The predicted molar refractivity (Wildman–Crippen MR) is 125 cm³/mol. The van der Waals surface area contributed by atoms with Crippen molar-refractivity contribution in [1.82, 2.24) is 9.62 Å². The predicted octanol–water partition coefficient (Wildman–Crippen LogP) is 2.46. The Kier molecular flexibility index (Phi) is 6.45. The summed E-state index contributed by atoms with van der Waals surface area (Å²) in [6.07, 6.45) is 1.70. The molecule has 0 bridgehead atoms. The molecule has 0 spiro atoms. The Morgan fingerprint density at radius 2 is 1.97 bits per heavy atom. The van der Waals surface area contributed by atoms with Crippen molar-refractivity contribution in [2.45, 2.75) is 56.6 Å². The van der Waals surface area contributed by atoms with Gasteiger partial charge in [-0.3, -0.25) is 9.59 Å². The topological polar surface area (TPSA) is 96.0 Å². The Morgan fingerprint density at radius 1 is 1.18 bits per heavy atom. The molecule has 1 N–H and O–H groups in total. The van der Waals surface area contributed by atoms with Crippen LogP contribution in [0.15, 0.2) is 47.4 Å². The second-order valence-electron chi connectivity index (χ2n) is 8.58. The number of benzene rings is 2. The summed E-state index contributed by atoms with van der Waals surface area (Å²) in [5, 5.41) is 2.87. The average Bonchev–Trinajstić information content (AvgIpc) is 3.41. The first-order chi connectivity index (χ1) is 15.7. The summed E-state index contributed by atoms with van der Waals surface area (Å²) in [6.45, 7) is 4.04. The number of nitrogens with one attached hydrogen (secondary N) is 1. The Hall–Kier alpha value is -2.91. The molecule has 2 aliphatic heterocycles. The summed E-state index contributed by atoms with van der Waals surface area (Å²) < 4.78 is 33.4. The van der Waals surface area contributed by atoms with Gasteiger partial charge in [0.2, 0.25) is 21.8 Å². The second-order valence-corrected chi connectivity index (χ2v) is 10.5. The van der Waals surface area contributed by atoms with Gasteiger partial charge in [-0.1, -0.05) is 12.1 Å². The SMILES string of the molecule is COc1cccc(CNC(=O)[C@H]2CCCN2S(=O)(=O)c2ccc3c(c2)C[C@@H](C)N3C(C)=O)c1. The molecule has 2 aliphatic rings. The van der Waals surface area contributed by atoms with E-state index in [2.05, 4.69) is 5.32 Å². The summed E-state index contributed by atoms with van der Waals surface area (Å²) in [5.41, 5.74) is 2.46. The van der Waals surface area contributed by atoms with Crippen molar-refractivity contribution in [1.29, 1.82) is 0 Å². The fourth-order valence-corrected chi connectivity index (χ4v) is 6.47. The molecule has 1 fully saturated rings. The smallest absolute Gasteiger partial charge is 0.243 e. The first-order valence-corrected chi connectivity index (χ1v) is 12.5. The molecule has 33 heavy (non-hydrogen) atoms. The Morgan fingerprint density at radius 3 is 2.70 bits per heavy atom. The Balaban J connectivity index is 1.51. The van der Waals surface area contributed by atoms with E-state index < -0.39 is 16.1 Å². The maximum atomic E-state index is 13.5. The number of ether oxygens (including phenoxy) is 1. The van der Waals surface area contributed by atoms with E-state index in [9.17, 15) is 18.0 Å². The number of fused-ring (bicyclic) bond motifs is 1. The largest absolute Gasteiger partial charge is 0.497 e. The van der Waals surface area contributed by atoms with Crippen LogP contribution in [0.5, 0.6) is 5.75 Å². The van der Waals surface area contributed by atoms with Gasteiger partial charge in [-0.2, -0.15) is 4.31 Å². The fourth-order valence-electron chi connectivity index (χ4n) is 4.76. The number of sulfonamides is 1. The van der Waals surface area contributed by atoms with Crippen LogP contribution in [0.25, 0.3) is 0 Å². The molecule has 0 unspecified atom stereocenters. The van der Waals surface area contributed by atoms with E-state index in [1.54, 1.807) is 24.1 Å². The van der Waals surface area contributed by atoms with Crippen molar-refractivity contribution in [2.24, 2.45) is 0 Å². The minimum absolute atomic E-state index is 0.0163. The number of carbonyl (C=O) groups excluding carboxylic acids is 2. The van der Waals surface area contributed by atoms with Crippen LogP contribution in [-0.2, 0) is 32.6 Å². The number of anilines is 1. The third-order valence-corrected chi connectivity index (χ3v) is 8.22. The number of methoxy groups -OCH3 is 1. The Bertz CT molecular complexity index is 1180. The maximum absolute atomic E-state index is 13.5. The highest BCUT2D eigenvalue weighted by molar-refractivity contribution is 7.89. The fraction of sp³-hybridized carbons (Fsp3) is 0.417. The highest BCUT2D eigenvalue weighted by Crippen LogP contribution is 2.35. The van der Waals surface area contributed by atoms with Crippen LogP contribution >= 0.6 is 0 Å². The van der Waals surface area contributed by atoms with Crippen LogP contribution in [0.1, 0.15) is 37.8 Å². The number of carbonyl (C=O) groups is 2. The lowest BCUT2D eigenvalue weighted by Gasteiger charge is -2.24. The summed E-state index contributed by atoms with van der Waals surface area (Å²) in [5.74, 6) is 0.321.